The lowest BCUT2D eigenvalue weighted by Gasteiger charge is -2.35. The standard InChI is InChI=1S/C19H27N3O2S/c1-13-7-6-10-16(14(13)2)20-19(25)22-21-18(24)12-11-17(23)15-8-4-3-5-9-15/h3-5,8-9,13-14,16H,6-7,10-12H2,1-2H3,(H,21,24)(H2,20,22,25)/t13-,14-,16+/m1/s1. The van der Waals surface area contributed by atoms with E-state index < -0.39 is 0 Å². The zero-order valence-electron chi connectivity index (χ0n) is 14.9. The minimum atomic E-state index is -0.251. The van der Waals surface area contributed by atoms with Gasteiger partial charge in [0.25, 0.3) is 0 Å². The number of hydrazine groups is 1. The van der Waals surface area contributed by atoms with Crippen molar-refractivity contribution in [3.8, 4) is 0 Å². The van der Waals surface area contributed by atoms with E-state index in [1.807, 2.05) is 18.2 Å². The van der Waals surface area contributed by atoms with Gasteiger partial charge in [0.2, 0.25) is 5.91 Å². The summed E-state index contributed by atoms with van der Waals surface area (Å²) in [6, 6.07) is 9.32. The minimum Gasteiger partial charge on any atom is -0.358 e. The minimum absolute atomic E-state index is 0.0403. The number of ketones is 1. The number of thiocarbonyl (C=S) groups is 1. The number of hydrogen-bond acceptors (Lipinski definition) is 3. The highest BCUT2D eigenvalue weighted by atomic mass is 32.1. The van der Waals surface area contributed by atoms with Crippen LogP contribution in [-0.4, -0.2) is 22.8 Å². The molecule has 1 fully saturated rings. The van der Waals surface area contributed by atoms with Crippen molar-refractivity contribution in [2.45, 2.75) is 52.0 Å². The van der Waals surface area contributed by atoms with Crippen molar-refractivity contribution >= 4 is 29.0 Å². The van der Waals surface area contributed by atoms with Gasteiger partial charge in [-0.2, -0.15) is 0 Å². The number of amides is 1. The van der Waals surface area contributed by atoms with Gasteiger partial charge in [0, 0.05) is 24.4 Å². The first kappa shape index (κ1) is 19.4. The summed E-state index contributed by atoms with van der Waals surface area (Å²) in [6.07, 6.45) is 3.84. The Hall–Kier alpha value is -1.95. The Morgan fingerprint density at radius 3 is 2.52 bits per heavy atom. The lowest BCUT2D eigenvalue weighted by molar-refractivity contribution is -0.121. The molecule has 25 heavy (non-hydrogen) atoms. The first-order valence-corrected chi connectivity index (χ1v) is 9.31. The van der Waals surface area contributed by atoms with E-state index in [0.717, 1.165) is 6.42 Å². The van der Waals surface area contributed by atoms with Gasteiger partial charge in [-0.25, -0.2) is 0 Å². The third-order valence-electron chi connectivity index (χ3n) is 5.01. The Balaban J connectivity index is 1.67. The summed E-state index contributed by atoms with van der Waals surface area (Å²) in [6.45, 7) is 4.50. The van der Waals surface area contributed by atoms with Crippen LogP contribution in [0.1, 0.15) is 56.3 Å². The molecule has 0 aromatic heterocycles. The van der Waals surface area contributed by atoms with Crippen LogP contribution in [0, 0.1) is 11.8 Å². The molecule has 0 spiro atoms. The predicted octanol–water partition coefficient (Wildman–Crippen LogP) is 2.97. The van der Waals surface area contributed by atoms with Crippen molar-refractivity contribution in [1.29, 1.82) is 0 Å². The average Bonchev–Trinajstić information content (AvgIpc) is 2.62. The van der Waals surface area contributed by atoms with Crippen molar-refractivity contribution in [3.63, 3.8) is 0 Å². The zero-order chi connectivity index (χ0) is 18.2. The molecule has 3 N–H and O–H groups in total. The predicted molar refractivity (Wildman–Crippen MR) is 103 cm³/mol. The summed E-state index contributed by atoms with van der Waals surface area (Å²) in [5.41, 5.74) is 5.92. The maximum atomic E-state index is 12.0. The second-order valence-corrected chi connectivity index (χ2v) is 7.22. The molecule has 1 aromatic rings. The molecule has 1 aromatic carbocycles. The van der Waals surface area contributed by atoms with Gasteiger partial charge < -0.3 is 5.32 Å². The van der Waals surface area contributed by atoms with Crippen LogP contribution in [0.15, 0.2) is 30.3 Å². The van der Waals surface area contributed by atoms with Crippen LogP contribution >= 0.6 is 12.2 Å². The van der Waals surface area contributed by atoms with Crippen molar-refractivity contribution in [2.24, 2.45) is 11.8 Å². The number of hydrogen-bond donors (Lipinski definition) is 3. The number of carbonyl (C=O) groups is 2. The van der Waals surface area contributed by atoms with Crippen molar-refractivity contribution in [2.75, 3.05) is 0 Å². The van der Waals surface area contributed by atoms with E-state index in [4.69, 9.17) is 12.2 Å². The molecule has 0 saturated heterocycles. The van der Waals surface area contributed by atoms with E-state index in [1.165, 1.54) is 12.8 Å². The van der Waals surface area contributed by atoms with Crippen molar-refractivity contribution < 1.29 is 9.59 Å². The molecule has 0 heterocycles. The quantitative estimate of drug-likeness (QED) is 0.427. The molecule has 5 nitrogen and oxygen atoms in total. The van der Waals surface area contributed by atoms with Crippen LogP contribution in [0.25, 0.3) is 0 Å². The Labute approximate surface area is 154 Å². The van der Waals surface area contributed by atoms with Gasteiger partial charge in [-0.3, -0.25) is 20.4 Å². The molecule has 1 saturated carbocycles. The second kappa shape index (κ2) is 9.51. The fraction of sp³-hybridized carbons (Fsp3) is 0.526. The van der Waals surface area contributed by atoms with Gasteiger partial charge in [0.15, 0.2) is 10.9 Å². The molecule has 0 aliphatic heterocycles. The average molecular weight is 362 g/mol. The number of Topliss-reactive ketones (excluding diaryl/α,β-unsaturated/α-hetero) is 1. The van der Waals surface area contributed by atoms with Gasteiger partial charge in [-0.05, 0) is 30.5 Å². The van der Waals surface area contributed by atoms with Crippen LogP contribution in [0.4, 0.5) is 0 Å². The van der Waals surface area contributed by atoms with Crippen LogP contribution in [0.3, 0.4) is 0 Å². The summed E-state index contributed by atoms with van der Waals surface area (Å²) < 4.78 is 0. The first-order valence-electron chi connectivity index (χ1n) is 8.91. The van der Waals surface area contributed by atoms with Gasteiger partial charge in [0.05, 0.1) is 0 Å². The lowest BCUT2D eigenvalue weighted by atomic mass is 9.78. The maximum Gasteiger partial charge on any atom is 0.238 e. The maximum absolute atomic E-state index is 12.0. The number of rotatable bonds is 5. The van der Waals surface area contributed by atoms with Gasteiger partial charge in [-0.1, -0.05) is 57.0 Å². The van der Waals surface area contributed by atoms with Crippen LogP contribution < -0.4 is 16.2 Å². The number of carbonyl (C=O) groups excluding carboxylic acids is 2. The summed E-state index contributed by atoms with van der Waals surface area (Å²) in [7, 11) is 0. The SMILES string of the molecule is C[C@@H]1[C@H](C)CCC[C@@H]1NC(=S)NNC(=O)CCC(=O)c1ccccc1. The fourth-order valence-electron chi connectivity index (χ4n) is 3.17. The smallest absolute Gasteiger partial charge is 0.238 e. The lowest BCUT2D eigenvalue weighted by Crippen LogP contribution is -2.52. The molecule has 1 aliphatic carbocycles. The zero-order valence-corrected chi connectivity index (χ0v) is 15.7. The van der Waals surface area contributed by atoms with Crippen LogP contribution in [-0.2, 0) is 4.79 Å². The van der Waals surface area contributed by atoms with E-state index in [9.17, 15) is 9.59 Å². The largest absolute Gasteiger partial charge is 0.358 e. The highest BCUT2D eigenvalue weighted by Gasteiger charge is 2.27. The number of nitrogens with one attached hydrogen (secondary N) is 3. The van der Waals surface area contributed by atoms with Gasteiger partial charge in [-0.15, -0.1) is 0 Å². The van der Waals surface area contributed by atoms with E-state index in [1.54, 1.807) is 12.1 Å². The van der Waals surface area contributed by atoms with Crippen molar-refractivity contribution in [1.82, 2.24) is 16.2 Å². The monoisotopic (exact) mass is 361 g/mol. The Morgan fingerprint density at radius 1 is 1.08 bits per heavy atom. The topological polar surface area (TPSA) is 70.2 Å². The molecule has 136 valence electrons. The molecule has 0 radical (unpaired) electrons. The van der Waals surface area contributed by atoms with Crippen molar-refractivity contribution in [3.05, 3.63) is 35.9 Å². The summed E-state index contributed by atoms with van der Waals surface area (Å²) >= 11 is 5.25. The Kier molecular flexibility index (Phi) is 7.37. The molecular formula is C19H27N3O2S. The van der Waals surface area contributed by atoms with Gasteiger partial charge >= 0.3 is 0 Å². The molecule has 1 aliphatic rings. The molecule has 0 unspecified atom stereocenters. The normalized spacial score (nSPS) is 22.7. The van der Waals surface area contributed by atoms with Crippen LogP contribution in [0.2, 0.25) is 0 Å². The Bertz CT molecular complexity index is 606. The van der Waals surface area contributed by atoms with E-state index >= 15 is 0 Å². The van der Waals surface area contributed by atoms with Crippen LogP contribution in [0.5, 0.6) is 0 Å². The summed E-state index contributed by atoms with van der Waals surface area (Å²) in [4.78, 5) is 23.9. The number of benzene rings is 1. The Morgan fingerprint density at radius 2 is 1.80 bits per heavy atom. The molecule has 3 atom stereocenters. The summed E-state index contributed by atoms with van der Waals surface area (Å²) in [5, 5.41) is 3.71. The fourth-order valence-corrected chi connectivity index (χ4v) is 3.38. The first-order chi connectivity index (χ1) is 12.0. The third-order valence-corrected chi connectivity index (χ3v) is 5.23. The molecule has 6 heteroatoms. The molecular weight excluding hydrogens is 334 g/mol. The third kappa shape index (κ3) is 6.12. The van der Waals surface area contributed by atoms with E-state index in [-0.39, 0.29) is 24.5 Å². The molecule has 0 bridgehead atoms. The highest BCUT2D eigenvalue weighted by molar-refractivity contribution is 7.80. The summed E-state index contributed by atoms with van der Waals surface area (Å²) in [5.74, 6) is 0.931. The second-order valence-electron chi connectivity index (χ2n) is 6.81. The van der Waals surface area contributed by atoms with E-state index in [2.05, 4.69) is 30.0 Å². The van der Waals surface area contributed by atoms with E-state index in [0.29, 0.717) is 28.6 Å². The highest BCUT2D eigenvalue weighted by Crippen LogP contribution is 2.29. The molecule has 1 amide bonds. The van der Waals surface area contributed by atoms with Gasteiger partial charge in [0.1, 0.15) is 0 Å². The molecule has 2 rings (SSSR count).